The maximum atomic E-state index is 6.13. The fourth-order valence-electron chi connectivity index (χ4n) is 1.44. The van der Waals surface area contributed by atoms with Crippen LogP contribution in [0.15, 0.2) is 36.4 Å². The highest BCUT2D eigenvalue weighted by Gasteiger charge is 2.11. The monoisotopic (exact) mass is 290 g/mol. The molecule has 0 atom stereocenters. The Morgan fingerprint density at radius 1 is 0.750 bits per heavy atom. The fraction of sp³-hybridized carbons (Fsp3) is 0. The molecule has 2 aromatic carbocycles. The Balaban J connectivity index is 2.68. The quantitative estimate of drug-likeness (QED) is 0.568. The van der Waals surface area contributed by atoms with E-state index in [1.165, 1.54) is 0 Å². The maximum absolute atomic E-state index is 6.13. The van der Waals surface area contributed by atoms with Crippen LogP contribution in [0.2, 0.25) is 20.1 Å². The summed E-state index contributed by atoms with van der Waals surface area (Å²) >= 11 is 24.1. The molecule has 0 fully saturated rings. The van der Waals surface area contributed by atoms with Crippen LogP contribution in [0.25, 0.3) is 11.1 Å². The summed E-state index contributed by atoms with van der Waals surface area (Å²) in [4.78, 5) is 0. The average molecular weight is 292 g/mol. The highest BCUT2D eigenvalue weighted by molar-refractivity contribution is 6.46. The zero-order valence-corrected chi connectivity index (χ0v) is 11.0. The Labute approximate surface area is 114 Å². The first kappa shape index (κ1) is 12.1. The van der Waals surface area contributed by atoms with Gasteiger partial charge in [0, 0.05) is 15.6 Å². The first-order valence-corrected chi connectivity index (χ1v) is 6.00. The van der Waals surface area contributed by atoms with Gasteiger partial charge in [0.1, 0.15) is 0 Å². The first-order chi connectivity index (χ1) is 7.59. The summed E-state index contributed by atoms with van der Waals surface area (Å²) < 4.78 is 0. The lowest BCUT2D eigenvalue weighted by atomic mass is 10.1. The van der Waals surface area contributed by atoms with E-state index in [-0.39, 0.29) is 0 Å². The number of rotatable bonds is 1. The second-order valence-corrected chi connectivity index (χ2v) is 4.86. The summed E-state index contributed by atoms with van der Waals surface area (Å²) in [5, 5.41) is 2.10. The largest absolute Gasteiger partial charge is 0.0843 e. The third-order valence-corrected chi connectivity index (χ3v) is 3.51. The van der Waals surface area contributed by atoms with Crippen molar-refractivity contribution in [2.45, 2.75) is 0 Å². The first-order valence-electron chi connectivity index (χ1n) is 4.49. The molecule has 0 aromatic heterocycles. The van der Waals surface area contributed by atoms with E-state index in [1.54, 1.807) is 24.3 Å². The molecule has 0 bridgehead atoms. The highest BCUT2D eigenvalue weighted by Crippen LogP contribution is 2.39. The molecular weight excluding hydrogens is 286 g/mol. The van der Waals surface area contributed by atoms with Crippen LogP contribution in [0.5, 0.6) is 0 Å². The van der Waals surface area contributed by atoms with E-state index in [2.05, 4.69) is 0 Å². The van der Waals surface area contributed by atoms with Gasteiger partial charge in [-0.2, -0.15) is 0 Å². The van der Waals surface area contributed by atoms with E-state index in [0.717, 1.165) is 5.56 Å². The minimum absolute atomic E-state index is 0.441. The number of halogens is 4. The van der Waals surface area contributed by atoms with Crippen molar-refractivity contribution in [2.24, 2.45) is 0 Å². The summed E-state index contributed by atoms with van der Waals surface area (Å²) in [5.74, 6) is 0. The van der Waals surface area contributed by atoms with Gasteiger partial charge in [0.25, 0.3) is 0 Å². The Morgan fingerprint density at radius 3 is 2.12 bits per heavy atom. The van der Waals surface area contributed by atoms with Crippen LogP contribution in [-0.4, -0.2) is 0 Å². The highest BCUT2D eigenvalue weighted by atomic mass is 35.5. The zero-order chi connectivity index (χ0) is 11.7. The summed E-state index contributed by atoms with van der Waals surface area (Å²) in [6, 6.07) is 10.7. The molecule has 0 saturated carbocycles. The summed E-state index contributed by atoms with van der Waals surface area (Å²) in [6.07, 6.45) is 0. The van der Waals surface area contributed by atoms with Crippen LogP contribution in [0.3, 0.4) is 0 Å². The minimum atomic E-state index is 0.441. The SMILES string of the molecule is Clc1cccc(-c2c(Cl)ccc(Cl)c2Cl)c1. The van der Waals surface area contributed by atoms with Gasteiger partial charge in [-0.1, -0.05) is 58.5 Å². The maximum Gasteiger partial charge on any atom is 0.0685 e. The lowest BCUT2D eigenvalue weighted by Crippen LogP contribution is -1.82. The molecule has 0 heterocycles. The summed E-state index contributed by atoms with van der Waals surface area (Å²) in [5.41, 5.74) is 1.56. The summed E-state index contributed by atoms with van der Waals surface area (Å²) in [7, 11) is 0. The number of benzene rings is 2. The molecule has 0 unspecified atom stereocenters. The Hall–Kier alpha value is -0.400. The summed E-state index contributed by atoms with van der Waals surface area (Å²) in [6.45, 7) is 0. The minimum Gasteiger partial charge on any atom is -0.0843 e. The standard InChI is InChI=1S/C12H6Cl4/c13-8-3-1-2-7(6-8)11-9(14)4-5-10(15)12(11)16/h1-6H. The molecule has 4 heteroatoms. The van der Waals surface area contributed by atoms with E-state index in [4.69, 9.17) is 46.4 Å². The van der Waals surface area contributed by atoms with Crippen LogP contribution < -0.4 is 0 Å². The Kier molecular flexibility index (Phi) is 3.66. The molecule has 0 saturated heterocycles. The van der Waals surface area contributed by atoms with Gasteiger partial charge >= 0.3 is 0 Å². The number of hydrogen-bond donors (Lipinski definition) is 0. The van der Waals surface area contributed by atoms with E-state index in [9.17, 15) is 0 Å². The van der Waals surface area contributed by atoms with Crippen LogP contribution in [0.4, 0.5) is 0 Å². The molecule has 0 nitrogen and oxygen atoms in total. The third kappa shape index (κ3) is 2.31. The zero-order valence-electron chi connectivity index (χ0n) is 7.98. The van der Waals surface area contributed by atoms with Gasteiger partial charge in [0.2, 0.25) is 0 Å². The molecule has 16 heavy (non-hydrogen) atoms. The lowest BCUT2D eigenvalue weighted by Gasteiger charge is -2.08. The van der Waals surface area contributed by atoms with Crippen molar-refractivity contribution in [2.75, 3.05) is 0 Å². The molecule has 0 aliphatic heterocycles. The topological polar surface area (TPSA) is 0 Å². The Morgan fingerprint density at radius 2 is 1.44 bits per heavy atom. The third-order valence-electron chi connectivity index (χ3n) is 2.16. The molecule has 0 aliphatic carbocycles. The molecule has 0 spiro atoms. The molecule has 82 valence electrons. The molecule has 0 N–H and O–H groups in total. The van der Waals surface area contributed by atoms with Crippen LogP contribution in [0, 0.1) is 0 Å². The molecule has 0 amide bonds. The van der Waals surface area contributed by atoms with Gasteiger partial charge in [-0.25, -0.2) is 0 Å². The second kappa shape index (κ2) is 4.85. The predicted molar refractivity (Wildman–Crippen MR) is 71.9 cm³/mol. The number of hydrogen-bond acceptors (Lipinski definition) is 0. The van der Waals surface area contributed by atoms with Gasteiger partial charge in [-0.3, -0.25) is 0 Å². The van der Waals surface area contributed by atoms with Crippen LogP contribution in [-0.2, 0) is 0 Å². The van der Waals surface area contributed by atoms with Crippen molar-refractivity contribution in [3.63, 3.8) is 0 Å². The van der Waals surface area contributed by atoms with Gasteiger partial charge in [-0.05, 0) is 29.8 Å². The van der Waals surface area contributed by atoms with Gasteiger partial charge in [-0.15, -0.1) is 0 Å². The fourth-order valence-corrected chi connectivity index (χ4v) is 2.37. The van der Waals surface area contributed by atoms with Crippen molar-refractivity contribution in [3.05, 3.63) is 56.5 Å². The van der Waals surface area contributed by atoms with Crippen molar-refractivity contribution < 1.29 is 0 Å². The van der Waals surface area contributed by atoms with E-state index < -0.39 is 0 Å². The smallest absolute Gasteiger partial charge is 0.0685 e. The van der Waals surface area contributed by atoms with Crippen molar-refractivity contribution in [3.8, 4) is 11.1 Å². The van der Waals surface area contributed by atoms with E-state index >= 15 is 0 Å². The van der Waals surface area contributed by atoms with Crippen LogP contribution in [0.1, 0.15) is 0 Å². The van der Waals surface area contributed by atoms with Crippen molar-refractivity contribution in [1.29, 1.82) is 0 Å². The molecule has 0 aliphatic rings. The van der Waals surface area contributed by atoms with Gasteiger partial charge < -0.3 is 0 Å². The lowest BCUT2D eigenvalue weighted by molar-refractivity contribution is 1.61. The average Bonchev–Trinajstić information content (AvgIpc) is 2.24. The van der Waals surface area contributed by atoms with Gasteiger partial charge in [0.15, 0.2) is 0 Å². The second-order valence-electron chi connectivity index (χ2n) is 3.23. The van der Waals surface area contributed by atoms with E-state index in [0.29, 0.717) is 25.7 Å². The van der Waals surface area contributed by atoms with Crippen LogP contribution >= 0.6 is 46.4 Å². The predicted octanol–water partition coefficient (Wildman–Crippen LogP) is 5.97. The van der Waals surface area contributed by atoms with Crippen molar-refractivity contribution in [1.82, 2.24) is 0 Å². The molecular formula is C12H6Cl4. The molecule has 0 radical (unpaired) electrons. The molecule has 2 rings (SSSR count). The van der Waals surface area contributed by atoms with Crippen molar-refractivity contribution >= 4 is 46.4 Å². The normalized spacial score (nSPS) is 10.5. The van der Waals surface area contributed by atoms with Gasteiger partial charge in [0.05, 0.1) is 10.0 Å². The Bertz CT molecular complexity index is 535. The van der Waals surface area contributed by atoms with E-state index in [1.807, 2.05) is 12.1 Å². The molecule has 2 aromatic rings.